The van der Waals surface area contributed by atoms with Gasteiger partial charge in [-0.3, -0.25) is 10.1 Å². The molecular formula is C15H13Br2NO3. The Balaban J connectivity index is 2.51. The molecule has 0 aliphatic rings. The molecule has 0 saturated heterocycles. The Morgan fingerprint density at radius 2 is 1.95 bits per heavy atom. The van der Waals surface area contributed by atoms with Crippen molar-refractivity contribution in [3.05, 3.63) is 61.6 Å². The third-order valence-corrected chi connectivity index (χ3v) is 4.07. The molecule has 2 aromatic carbocycles. The van der Waals surface area contributed by atoms with E-state index < -0.39 is 4.92 Å². The Morgan fingerprint density at radius 3 is 2.57 bits per heavy atom. The lowest BCUT2D eigenvalue weighted by atomic mass is 10.1. The van der Waals surface area contributed by atoms with E-state index in [4.69, 9.17) is 4.74 Å². The lowest BCUT2D eigenvalue weighted by Crippen LogP contribution is -1.98. The summed E-state index contributed by atoms with van der Waals surface area (Å²) in [4.78, 5) is 10.8. The first-order valence-corrected chi connectivity index (χ1v) is 8.11. The average Bonchev–Trinajstić information content (AvgIpc) is 2.42. The molecule has 2 aromatic rings. The third kappa shape index (κ3) is 3.63. The van der Waals surface area contributed by atoms with Crippen LogP contribution < -0.4 is 4.74 Å². The molecule has 2 rings (SSSR count). The van der Waals surface area contributed by atoms with Gasteiger partial charge < -0.3 is 4.74 Å². The number of aryl methyl sites for hydroxylation is 2. The first-order valence-electron chi connectivity index (χ1n) is 6.20. The highest BCUT2D eigenvalue weighted by Crippen LogP contribution is 2.37. The van der Waals surface area contributed by atoms with E-state index in [2.05, 4.69) is 31.9 Å². The zero-order valence-electron chi connectivity index (χ0n) is 11.5. The van der Waals surface area contributed by atoms with E-state index in [-0.39, 0.29) is 11.4 Å². The first kappa shape index (κ1) is 16.0. The Bertz CT molecular complexity index is 702. The quantitative estimate of drug-likeness (QED) is 0.368. The van der Waals surface area contributed by atoms with E-state index in [9.17, 15) is 10.1 Å². The monoisotopic (exact) mass is 413 g/mol. The second kappa shape index (κ2) is 6.58. The predicted octanol–water partition coefficient (Wildman–Crippen LogP) is 5.66. The van der Waals surface area contributed by atoms with Crippen molar-refractivity contribution in [2.24, 2.45) is 0 Å². The number of nitro benzene ring substituents is 1. The van der Waals surface area contributed by atoms with Crippen LogP contribution in [0.1, 0.15) is 16.7 Å². The average molecular weight is 415 g/mol. The maximum Gasteiger partial charge on any atom is 0.312 e. The summed E-state index contributed by atoms with van der Waals surface area (Å²) in [5.74, 6) is 0.889. The van der Waals surface area contributed by atoms with Gasteiger partial charge >= 0.3 is 5.69 Å². The Labute approximate surface area is 139 Å². The van der Waals surface area contributed by atoms with E-state index in [1.807, 2.05) is 32.0 Å². The Kier molecular flexibility index (Phi) is 5.00. The molecule has 6 heteroatoms. The second-order valence-corrected chi connectivity index (χ2v) is 6.15. The fourth-order valence-electron chi connectivity index (χ4n) is 2.06. The summed E-state index contributed by atoms with van der Waals surface area (Å²) in [6, 6.07) is 8.95. The van der Waals surface area contributed by atoms with Gasteiger partial charge in [-0.2, -0.15) is 0 Å². The standard InChI is InChI=1S/C15H13Br2NO3/c1-9-5-10(2)15(13(6-9)18(19)20)21-14-4-3-12(17)7-11(14)8-16/h3-7H,8H2,1-2H3. The molecule has 0 aliphatic heterocycles. The van der Waals surface area contributed by atoms with Crippen LogP contribution >= 0.6 is 31.9 Å². The van der Waals surface area contributed by atoms with Crippen LogP contribution in [0.15, 0.2) is 34.8 Å². The number of hydrogen-bond acceptors (Lipinski definition) is 3. The summed E-state index contributed by atoms with van der Waals surface area (Å²) in [5, 5.41) is 11.8. The highest BCUT2D eigenvalue weighted by molar-refractivity contribution is 9.10. The van der Waals surface area contributed by atoms with Crippen molar-refractivity contribution in [1.82, 2.24) is 0 Å². The van der Waals surface area contributed by atoms with E-state index >= 15 is 0 Å². The Morgan fingerprint density at radius 1 is 1.24 bits per heavy atom. The minimum atomic E-state index is -0.415. The summed E-state index contributed by atoms with van der Waals surface area (Å²) >= 11 is 6.80. The van der Waals surface area contributed by atoms with Crippen molar-refractivity contribution in [3.8, 4) is 11.5 Å². The topological polar surface area (TPSA) is 52.4 Å². The lowest BCUT2D eigenvalue weighted by Gasteiger charge is -2.13. The third-order valence-electron chi connectivity index (χ3n) is 2.97. The van der Waals surface area contributed by atoms with Crippen LogP contribution in [0.2, 0.25) is 0 Å². The molecule has 110 valence electrons. The number of benzene rings is 2. The number of ether oxygens (including phenoxy) is 1. The maximum absolute atomic E-state index is 11.2. The van der Waals surface area contributed by atoms with E-state index in [0.717, 1.165) is 21.2 Å². The highest BCUT2D eigenvalue weighted by atomic mass is 79.9. The fourth-order valence-corrected chi connectivity index (χ4v) is 2.91. The van der Waals surface area contributed by atoms with Crippen molar-refractivity contribution in [3.63, 3.8) is 0 Å². The molecule has 0 unspecified atom stereocenters. The molecule has 0 aromatic heterocycles. The van der Waals surface area contributed by atoms with Gasteiger partial charge in [0.15, 0.2) is 0 Å². The zero-order valence-corrected chi connectivity index (χ0v) is 14.7. The van der Waals surface area contributed by atoms with Gasteiger partial charge in [0, 0.05) is 21.4 Å². The van der Waals surface area contributed by atoms with Gasteiger partial charge in [-0.15, -0.1) is 0 Å². The molecule has 0 N–H and O–H groups in total. The van der Waals surface area contributed by atoms with Gasteiger partial charge in [0.25, 0.3) is 0 Å². The fraction of sp³-hybridized carbons (Fsp3) is 0.200. The number of nitro groups is 1. The van der Waals surface area contributed by atoms with Gasteiger partial charge in [0.1, 0.15) is 5.75 Å². The molecule has 0 aliphatic carbocycles. The van der Waals surface area contributed by atoms with Crippen molar-refractivity contribution in [2.75, 3.05) is 0 Å². The summed E-state index contributed by atoms with van der Waals surface area (Å²) < 4.78 is 6.77. The Hall–Kier alpha value is -1.40. The van der Waals surface area contributed by atoms with Crippen LogP contribution in [-0.4, -0.2) is 4.92 Å². The smallest absolute Gasteiger partial charge is 0.312 e. The van der Waals surface area contributed by atoms with Crippen LogP contribution in [0, 0.1) is 24.0 Å². The maximum atomic E-state index is 11.2. The molecule has 0 amide bonds. The molecule has 0 atom stereocenters. The van der Waals surface area contributed by atoms with Crippen molar-refractivity contribution < 1.29 is 9.66 Å². The summed E-state index contributed by atoms with van der Waals surface area (Å²) in [6.07, 6.45) is 0. The van der Waals surface area contributed by atoms with Crippen LogP contribution in [-0.2, 0) is 5.33 Å². The molecular weight excluding hydrogens is 402 g/mol. The summed E-state index contributed by atoms with van der Waals surface area (Å²) in [6.45, 7) is 3.63. The van der Waals surface area contributed by atoms with Gasteiger partial charge in [-0.1, -0.05) is 37.9 Å². The minimum absolute atomic E-state index is 0.0176. The van der Waals surface area contributed by atoms with E-state index in [1.54, 1.807) is 6.07 Å². The number of alkyl halides is 1. The van der Waals surface area contributed by atoms with Crippen LogP contribution in [0.3, 0.4) is 0 Å². The molecule has 0 radical (unpaired) electrons. The van der Waals surface area contributed by atoms with Crippen molar-refractivity contribution in [2.45, 2.75) is 19.2 Å². The number of rotatable bonds is 4. The van der Waals surface area contributed by atoms with Crippen LogP contribution in [0.25, 0.3) is 0 Å². The molecule has 0 heterocycles. The minimum Gasteiger partial charge on any atom is -0.450 e. The summed E-state index contributed by atoms with van der Waals surface area (Å²) in [5.41, 5.74) is 2.47. The molecule has 0 bridgehead atoms. The number of halogens is 2. The predicted molar refractivity (Wildman–Crippen MR) is 89.4 cm³/mol. The van der Waals surface area contributed by atoms with Crippen LogP contribution in [0.5, 0.6) is 11.5 Å². The SMILES string of the molecule is Cc1cc(C)c(Oc2ccc(Br)cc2CBr)c([N+](=O)[O-])c1. The molecule has 0 spiro atoms. The van der Waals surface area contributed by atoms with Crippen LogP contribution in [0.4, 0.5) is 5.69 Å². The zero-order chi connectivity index (χ0) is 15.6. The molecule has 4 nitrogen and oxygen atoms in total. The highest BCUT2D eigenvalue weighted by Gasteiger charge is 2.20. The number of nitrogens with zero attached hydrogens (tertiary/aromatic N) is 1. The second-order valence-electron chi connectivity index (χ2n) is 4.67. The largest absolute Gasteiger partial charge is 0.450 e. The molecule has 21 heavy (non-hydrogen) atoms. The number of hydrogen-bond donors (Lipinski definition) is 0. The van der Waals surface area contributed by atoms with Gasteiger partial charge in [-0.05, 0) is 43.2 Å². The van der Waals surface area contributed by atoms with Crippen molar-refractivity contribution >= 4 is 37.5 Å². The molecule has 0 saturated carbocycles. The van der Waals surface area contributed by atoms with Gasteiger partial charge in [0.05, 0.1) is 4.92 Å². The van der Waals surface area contributed by atoms with E-state index in [1.165, 1.54) is 6.07 Å². The van der Waals surface area contributed by atoms with Gasteiger partial charge in [0.2, 0.25) is 5.75 Å². The van der Waals surface area contributed by atoms with E-state index in [0.29, 0.717) is 11.1 Å². The first-order chi connectivity index (χ1) is 9.92. The molecule has 0 fully saturated rings. The van der Waals surface area contributed by atoms with Crippen molar-refractivity contribution in [1.29, 1.82) is 0 Å². The normalized spacial score (nSPS) is 10.5. The lowest BCUT2D eigenvalue weighted by molar-refractivity contribution is -0.385. The van der Waals surface area contributed by atoms with Gasteiger partial charge in [-0.25, -0.2) is 0 Å². The summed E-state index contributed by atoms with van der Waals surface area (Å²) in [7, 11) is 0.